The smallest absolute Gasteiger partial charge is 0.338 e. The van der Waals surface area contributed by atoms with Crippen molar-refractivity contribution < 1.29 is 33.3 Å². The predicted octanol–water partition coefficient (Wildman–Crippen LogP) is 3.59. The normalized spacial score (nSPS) is 20.9. The van der Waals surface area contributed by atoms with E-state index in [9.17, 15) is 19.6 Å². The van der Waals surface area contributed by atoms with Gasteiger partial charge in [-0.3, -0.25) is 0 Å². The van der Waals surface area contributed by atoms with Gasteiger partial charge < -0.3 is 18.9 Å². The summed E-state index contributed by atoms with van der Waals surface area (Å²) in [6, 6.07) is 26.7. The summed E-state index contributed by atoms with van der Waals surface area (Å²) in [5.74, 6) is -2.01. The van der Waals surface area contributed by atoms with Crippen molar-refractivity contribution in [2.75, 3.05) is 6.61 Å². The molecule has 0 unspecified atom stereocenters. The minimum atomic E-state index is -1.24. The molecule has 0 amide bonds. The first-order chi connectivity index (χ1) is 17.1. The Morgan fingerprint density at radius 3 is 1.57 bits per heavy atom. The van der Waals surface area contributed by atoms with E-state index in [1.165, 1.54) is 0 Å². The molecule has 0 aliphatic carbocycles. The quantitative estimate of drug-likeness (QED) is 0.380. The molecule has 4 atom stereocenters. The summed E-state index contributed by atoms with van der Waals surface area (Å²) in [6.45, 7) is -0.321. The van der Waals surface area contributed by atoms with Crippen LogP contribution in [0.25, 0.3) is 0 Å². The van der Waals surface area contributed by atoms with Crippen LogP contribution in [-0.2, 0) is 18.9 Å². The van der Waals surface area contributed by atoms with Crippen molar-refractivity contribution in [3.63, 3.8) is 0 Å². The number of hydrogen-bond acceptors (Lipinski definition) is 8. The Hall–Kier alpha value is -4.48. The molecule has 1 aliphatic rings. The first-order valence-corrected chi connectivity index (χ1v) is 10.9. The Morgan fingerprint density at radius 1 is 0.686 bits per heavy atom. The number of nitrogens with zero attached hydrogens (tertiary/aromatic N) is 1. The number of carbonyl (C=O) groups is 3. The van der Waals surface area contributed by atoms with Crippen LogP contribution < -0.4 is 0 Å². The third-order valence-electron chi connectivity index (χ3n) is 5.33. The number of ether oxygens (including phenoxy) is 4. The molecule has 35 heavy (non-hydrogen) atoms. The van der Waals surface area contributed by atoms with E-state index >= 15 is 0 Å². The van der Waals surface area contributed by atoms with Gasteiger partial charge in [0.15, 0.2) is 18.3 Å². The van der Waals surface area contributed by atoms with Crippen molar-refractivity contribution in [3.05, 3.63) is 108 Å². The van der Waals surface area contributed by atoms with Crippen LogP contribution in [0.2, 0.25) is 0 Å². The minimum Gasteiger partial charge on any atom is -0.459 e. The molecule has 1 fully saturated rings. The van der Waals surface area contributed by atoms with E-state index in [2.05, 4.69) is 0 Å². The SMILES string of the molecule is N#C[C@@H]1O[C@@H](COC(=O)c2ccccc2)[C@H](OC(=O)c2ccccc2)[C@@H]1OC(=O)c1ccccc1. The summed E-state index contributed by atoms with van der Waals surface area (Å²) in [5, 5.41) is 9.65. The van der Waals surface area contributed by atoms with Crippen molar-refractivity contribution in [3.8, 4) is 6.07 Å². The molecule has 0 N–H and O–H groups in total. The molecule has 0 saturated carbocycles. The lowest BCUT2D eigenvalue weighted by Crippen LogP contribution is -2.41. The fourth-order valence-electron chi connectivity index (χ4n) is 3.58. The highest BCUT2D eigenvalue weighted by Gasteiger charge is 2.50. The maximum Gasteiger partial charge on any atom is 0.338 e. The number of carbonyl (C=O) groups excluding carboxylic acids is 3. The second kappa shape index (κ2) is 11.1. The van der Waals surface area contributed by atoms with Crippen LogP contribution in [0.5, 0.6) is 0 Å². The Morgan fingerprint density at radius 2 is 1.11 bits per heavy atom. The average molecular weight is 471 g/mol. The van der Waals surface area contributed by atoms with Gasteiger partial charge in [-0.25, -0.2) is 14.4 Å². The van der Waals surface area contributed by atoms with Gasteiger partial charge >= 0.3 is 17.9 Å². The van der Waals surface area contributed by atoms with Crippen molar-refractivity contribution in [2.45, 2.75) is 24.4 Å². The topological polar surface area (TPSA) is 112 Å². The van der Waals surface area contributed by atoms with Crippen LogP contribution in [0.4, 0.5) is 0 Å². The number of benzene rings is 3. The second-order valence-corrected chi connectivity index (χ2v) is 7.66. The van der Waals surface area contributed by atoms with Gasteiger partial charge in [0.2, 0.25) is 0 Å². The Bertz CT molecular complexity index is 1210. The molecule has 8 nitrogen and oxygen atoms in total. The first-order valence-electron chi connectivity index (χ1n) is 10.9. The molecule has 4 rings (SSSR count). The van der Waals surface area contributed by atoms with E-state index in [1.807, 2.05) is 6.07 Å². The second-order valence-electron chi connectivity index (χ2n) is 7.66. The number of nitriles is 1. The summed E-state index contributed by atoms with van der Waals surface area (Å²) in [7, 11) is 0. The van der Waals surface area contributed by atoms with Crippen LogP contribution in [0.15, 0.2) is 91.0 Å². The van der Waals surface area contributed by atoms with Gasteiger partial charge in [0, 0.05) is 0 Å². The number of hydrogen-bond donors (Lipinski definition) is 0. The van der Waals surface area contributed by atoms with Crippen molar-refractivity contribution in [1.82, 2.24) is 0 Å². The highest BCUT2D eigenvalue weighted by Crippen LogP contribution is 2.29. The standard InChI is InChI=1S/C27H21NO7/c28-16-21-23(34-26(30)19-12-6-2-7-13-19)24(35-27(31)20-14-8-3-9-15-20)22(33-21)17-32-25(29)18-10-4-1-5-11-18/h1-15,21-24H,17H2/t21-,22-,23+,24-/m0/s1. The van der Waals surface area contributed by atoms with E-state index in [-0.39, 0.29) is 17.7 Å². The molecule has 1 heterocycles. The third kappa shape index (κ3) is 5.72. The Kier molecular flexibility index (Phi) is 7.50. The summed E-state index contributed by atoms with van der Waals surface area (Å²) < 4.78 is 22.3. The van der Waals surface area contributed by atoms with E-state index < -0.39 is 42.3 Å². The summed E-state index contributed by atoms with van der Waals surface area (Å²) >= 11 is 0. The fourth-order valence-corrected chi connectivity index (χ4v) is 3.58. The highest BCUT2D eigenvalue weighted by atomic mass is 16.6. The van der Waals surface area contributed by atoms with Crippen LogP contribution in [0.1, 0.15) is 31.1 Å². The van der Waals surface area contributed by atoms with Crippen LogP contribution in [-0.4, -0.2) is 48.9 Å². The van der Waals surface area contributed by atoms with Gasteiger partial charge in [-0.15, -0.1) is 0 Å². The van der Waals surface area contributed by atoms with Crippen LogP contribution >= 0.6 is 0 Å². The average Bonchev–Trinajstić information content (AvgIpc) is 3.24. The van der Waals surface area contributed by atoms with Gasteiger partial charge in [0.05, 0.1) is 22.8 Å². The Labute approximate surface area is 201 Å². The molecule has 1 aliphatic heterocycles. The van der Waals surface area contributed by atoms with E-state index in [4.69, 9.17) is 18.9 Å². The summed E-state index contributed by atoms with van der Waals surface area (Å²) in [4.78, 5) is 37.9. The van der Waals surface area contributed by atoms with Crippen molar-refractivity contribution in [2.24, 2.45) is 0 Å². The molecule has 3 aromatic carbocycles. The fraction of sp³-hybridized carbons (Fsp3) is 0.185. The predicted molar refractivity (Wildman–Crippen MR) is 122 cm³/mol. The minimum absolute atomic E-state index is 0.260. The Balaban J connectivity index is 1.55. The molecule has 0 aromatic heterocycles. The maximum atomic E-state index is 12.8. The molecule has 0 spiro atoms. The first kappa shape index (κ1) is 23.7. The monoisotopic (exact) mass is 471 g/mol. The lowest BCUT2D eigenvalue weighted by atomic mass is 10.1. The van der Waals surface area contributed by atoms with Gasteiger partial charge in [0.25, 0.3) is 0 Å². The molecular formula is C27H21NO7. The number of rotatable bonds is 7. The zero-order valence-electron chi connectivity index (χ0n) is 18.5. The summed E-state index contributed by atoms with van der Waals surface area (Å²) in [5.41, 5.74) is 0.851. The third-order valence-corrected chi connectivity index (χ3v) is 5.33. The largest absolute Gasteiger partial charge is 0.459 e. The van der Waals surface area contributed by atoms with Crippen LogP contribution in [0.3, 0.4) is 0 Å². The summed E-state index contributed by atoms with van der Waals surface area (Å²) in [6.07, 6.45) is -4.70. The van der Waals surface area contributed by atoms with Gasteiger partial charge in [-0.05, 0) is 36.4 Å². The van der Waals surface area contributed by atoms with Crippen molar-refractivity contribution in [1.29, 1.82) is 5.26 Å². The molecule has 0 radical (unpaired) electrons. The molecule has 176 valence electrons. The molecular weight excluding hydrogens is 450 g/mol. The van der Waals surface area contributed by atoms with Crippen LogP contribution in [0, 0.1) is 11.3 Å². The number of esters is 3. The van der Waals surface area contributed by atoms with Gasteiger partial charge in [-0.2, -0.15) is 5.26 Å². The highest BCUT2D eigenvalue weighted by molar-refractivity contribution is 5.91. The van der Waals surface area contributed by atoms with E-state index in [0.29, 0.717) is 5.56 Å². The maximum absolute atomic E-state index is 12.8. The molecule has 3 aromatic rings. The zero-order valence-corrected chi connectivity index (χ0v) is 18.5. The molecule has 0 bridgehead atoms. The molecule has 8 heteroatoms. The van der Waals surface area contributed by atoms with E-state index in [0.717, 1.165) is 0 Å². The van der Waals surface area contributed by atoms with Gasteiger partial charge in [-0.1, -0.05) is 54.6 Å². The lowest BCUT2D eigenvalue weighted by Gasteiger charge is -2.23. The van der Waals surface area contributed by atoms with E-state index in [1.54, 1.807) is 91.0 Å². The molecule has 1 saturated heterocycles. The lowest BCUT2D eigenvalue weighted by molar-refractivity contribution is -0.0437. The van der Waals surface area contributed by atoms with Crippen molar-refractivity contribution >= 4 is 17.9 Å². The zero-order chi connectivity index (χ0) is 24.6. The van der Waals surface area contributed by atoms with Gasteiger partial charge in [0.1, 0.15) is 12.7 Å².